The first kappa shape index (κ1) is 64.9. The lowest BCUT2D eigenvalue weighted by Crippen LogP contribution is -2.55. The summed E-state index contributed by atoms with van der Waals surface area (Å²) in [5.41, 5.74) is -24.6. The van der Waals surface area contributed by atoms with Crippen LogP contribution in [-0.2, 0) is 36.3 Å². The van der Waals surface area contributed by atoms with Gasteiger partial charge < -0.3 is 25.0 Å². The van der Waals surface area contributed by atoms with Gasteiger partial charge in [0.15, 0.2) is 0 Å². The topological polar surface area (TPSA) is 231 Å². The Balaban J connectivity index is 1.12. The number of rotatable bonds is 16. The van der Waals surface area contributed by atoms with E-state index in [1.165, 1.54) is 27.9 Å². The van der Waals surface area contributed by atoms with Crippen LogP contribution in [0.4, 0.5) is 64.1 Å². The monoisotopic (exact) mass is 1280 g/mol. The molecule has 0 radical (unpaired) electrons. The van der Waals surface area contributed by atoms with Crippen molar-refractivity contribution in [3.63, 3.8) is 0 Å². The van der Waals surface area contributed by atoms with Crippen molar-refractivity contribution in [1.29, 1.82) is 0 Å². The van der Waals surface area contributed by atoms with Gasteiger partial charge in [0.1, 0.15) is 6.10 Å². The number of esters is 1. The van der Waals surface area contributed by atoms with Gasteiger partial charge in [-0.2, -0.15) is 52.7 Å². The van der Waals surface area contributed by atoms with Crippen molar-refractivity contribution < 1.29 is 114 Å². The molecule has 0 spiro atoms. The molecule has 2 unspecified atom stereocenters. The zero-order chi connectivity index (χ0) is 65.3. The number of aromatic carboxylic acids is 2. The summed E-state index contributed by atoms with van der Waals surface area (Å²) in [6.45, 7) is 3.84. The van der Waals surface area contributed by atoms with Crippen LogP contribution in [0.1, 0.15) is 121 Å². The molecule has 2 heterocycles. The maximum Gasteiger partial charge on any atom is 0.411 e. The average Bonchev–Trinajstić information content (AvgIpc) is 0.915. The largest absolute Gasteiger partial charge is 0.478 e. The fraction of sp³-hybridized carbons (Fsp3) is 0.241. The van der Waals surface area contributed by atoms with Crippen LogP contribution in [-0.4, -0.2) is 111 Å². The van der Waals surface area contributed by atoms with E-state index in [2.05, 4.69) is 5.32 Å². The van der Waals surface area contributed by atoms with Crippen molar-refractivity contribution in [3.05, 3.63) is 188 Å². The van der Waals surface area contributed by atoms with Crippen LogP contribution < -0.4 is 14.9 Å². The molecule has 30 heteroatoms. The van der Waals surface area contributed by atoms with Crippen LogP contribution in [0.15, 0.2) is 131 Å². The van der Waals surface area contributed by atoms with Gasteiger partial charge in [0.25, 0.3) is 23.6 Å². The van der Waals surface area contributed by atoms with E-state index in [1.54, 1.807) is 0 Å². The SMILES string of the molecule is C#P1Cc2cc(C(c3ccc(C(=O)OC(C)COC)c(C(=O)O)c3)(C(F)(F)F)C(F)(F)F)ccc2C(=O)N1c1cccc(S(=O)(=O)c2cccc(N3C(=O)c4ccc(C(c5ccc(C(=O)O)c(C(=O)NC(C)C)c5)(C(F)(F)F)C(F)(F)F)cc4C3=O)c2)c1. The van der Waals surface area contributed by atoms with Gasteiger partial charge >= 0.3 is 42.6 Å². The number of benzene rings is 6. The van der Waals surface area contributed by atoms with Gasteiger partial charge in [0.2, 0.25) is 20.7 Å². The third-order valence-corrected chi connectivity index (χ3v) is 17.6. The Morgan fingerprint density at radius 2 is 1.03 bits per heavy atom. The maximum absolute atomic E-state index is 15.4. The third-order valence-electron chi connectivity index (χ3n) is 14.3. The average molecular weight is 1280 g/mol. The van der Waals surface area contributed by atoms with Crippen LogP contribution in [0.3, 0.4) is 0 Å². The fourth-order valence-corrected chi connectivity index (χ4v) is 13.3. The standard InChI is InChI=1S/C58H42F12N3O13PS/c1-28(2)71-46(74)43-21-32(14-18-41(43)50(78)79)54(57(65,66)67,58(68,69)70)33-13-17-40-44(22-33)48(76)72(47(40)75)35-8-6-10-37(24-35)88(83,84)38-11-7-9-36(25-38)73-49(77)39-16-12-31(20-30(39)27-87(73)5)53(55(59,60)61,56(62,63)64)34-15-19-42(45(23-34)51(80)81)52(82)86-29(3)26-85-4/h5-25,28-29H,26-27H2,1-4H3,(H,71,74)(H,78,79)(H,80,81). The summed E-state index contributed by atoms with van der Waals surface area (Å²) in [6.07, 6.45) is -20.6. The highest BCUT2D eigenvalue weighted by molar-refractivity contribution is 7.91. The highest BCUT2D eigenvalue weighted by atomic mass is 32.2. The number of amides is 4. The van der Waals surface area contributed by atoms with Crippen LogP contribution in [0.25, 0.3) is 0 Å². The first-order chi connectivity index (χ1) is 40.8. The number of alkyl halides is 12. The molecular weight excluding hydrogens is 1240 g/mol. The van der Waals surface area contributed by atoms with Gasteiger partial charge in [-0.25, -0.2) is 27.7 Å². The first-order valence-electron chi connectivity index (χ1n) is 25.3. The van der Waals surface area contributed by atoms with Crippen molar-refractivity contribution in [2.24, 2.45) is 0 Å². The molecule has 0 saturated heterocycles. The molecule has 0 bridgehead atoms. The molecule has 0 aromatic heterocycles. The molecule has 6 aromatic carbocycles. The number of carbonyl (C=O) groups excluding carboxylic acids is 5. The quantitative estimate of drug-likeness (QED) is 0.0355. The van der Waals surface area contributed by atoms with E-state index in [-0.39, 0.29) is 53.6 Å². The maximum atomic E-state index is 15.4. The number of imide groups is 1. The predicted octanol–water partition coefficient (Wildman–Crippen LogP) is 12.0. The number of nitrogens with zero attached hydrogens (tertiary/aromatic N) is 2. The number of carboxylic acids is 2. The van der Waals surface area contributed by atoms with E-state index >= 15 is 52.7 Å². The van der Waals surface area contributed by atoms with Gasteiger partial charge in [-0.05, 0) is 135 Å². The molecule has 3 N–H and O–H groups in total. The Hall–Kier alpha value is -9.04. The number of halogens is 12. The summed E-state index contributed by atoms with van der Waals surface area (Å²) < 4.78 is 224. The molecule has 16 nitrogen and oxygen atoms in total. The molecule has 462 valence electrons. The second-order valence-electron chi connectivity index (χ2n) is 20.2. The summed E-state index contributed by atoms with van der Waals surface area (Å²) in [4.78, 5) is 91.4. The van der Waals surface area contributed by atoms with E-state index in [0.717, 1.165) is 53.2 Å². The molecule has 4 amide bonds. The lowest BCUT2D eigenvalue weighted by atomic mass is 9.71. The summed E-state index contributed by atoms with van der Waals surface area (Å²) in [5.74, 6) is -10.8. The summed E-state index contributed by atoms with van der Waals surface area (Å²) >= 11 is 0. The van der Waals surface area contributed by atoms with Gasteiger partial charge in [-0.15, -0.1) is 6.13 Å². The van der Waals surface area contributed by atoms with E-state index in [0.29, 0.717) is 36.4 Å². The molecule has 2 aliphatic heterocycles. The van der Waals surface area contributed by atoms with Crippen LogP contribution >= 0.6 is 7.53 Å². The predicted molar refractivity (Wildman–Crippen MR) is 287 cm³/mol. The third kappa shape index (κ3) is 10.9. The molecular formula is C58H42F12N3O13PS. The molecule has 0 aliphatic carbocycles. The Kier molecular flexibility index (Phi) is 16.9. The van der Waals surface area contributed by atoms with Gasteiger partial charge in [-0.3, -0.25) is 23.8 Å². The van der Waals surface area contributed by atoms with E-state index in [9.17, 15) is 52.2 Å². The van der Waals surface area contributed by atoms with E-state index in [4.69, 9.17) is 15.6 Å². The number of sulfone groups is 1. The number of methoxy groups -OCH3 is 1. The zero-order valence-electron chi connectivity index (χ0n) is 45.4. The van der Waals surface area contributed by atoms with Gasteiger partial charge in [0.05, 0.1) is 61.2 Å². The van der Waals surface area contributed by atoms with Gasteiger partial charge in [0, 0.05) is 24.9 Å². The minimum atomic E-state index is -6.37. The summed E-state index contributed by atoms with van der Waals surface area (Å²) in [7, 11) is -6.16. The van der Waals surface area contributed by atoms with Crippen molar-refractivity contribution in [2.45, 2.75) is 84.4 Å². The Bertz CT molecular complexity index is 4110. The highest BCUT2D eigenvalue weighted by Gasteiger charge is 2.74. The lowest BCUT2D eigenvalue weighted by Gasteiger charge is -2.39. The van der Waals surface area contributed by atoms with Crippen molar-refractivity contribution >= 4 is 70.3 Å². The van der Waals surface area contributed by atoms with Crippen molar-refractivity contribution in [1.82, 2.24) is 5.32 Å². The molecule has 2 atom stereocenters. The highest BCUT2D eigenvalue weighted by Crippen LogP contribution is 2.59. The van der Waals surface area contributed by atoms with Gasteiger partial charge in [-0.1, -0.05) is 42.5 Å². The lowest BCUT2D eigenvalue weighted by molar-refractivity contribution is -0.290. The number of ether oxygens (including phenoxy) is 2. The van der Waals surface area contributed by atoms with E-state index in [1.807, 2.05) is 0 Å². The second kappa shape index (κ2) is 22.9. The summed E-state index contributed by atoms with van der Waals surface area (Å²) in [5, 5.41) is 21.8. The molecule has 2 aliphatic rings. The molecule has 6 aromatic rings. The number of anilines is 2. The molecule has 0 saturated carbocycles. The Morgan fingerprint density at radius 1 is 0.580 bits per heavy atom. The normalized spacial score (nSPS) is 15.0. The Labute approximate surface area is 490 Å². The minimum absolute atomic E-state index is 0.0291. The zero-order valence-corrected chi connectivity index (χ0v) is 47.1. The fourth-order valence-electron chi connectivity index (χ4n) is 10.4. The van der Waals surface area contributed by atoms with Crippen molar-refractivity contribution in [3.8, 4) is 6.13 Å². The first-order valence-corrected chi connectivity index (χ1v) is 28.3. The van der Waals surface area contributed by atoms with Crippen LogP contribution in [0.2, 0.25) is 0 Å². The number of hydrogen-bond acceptors (Lipinski definition) is 11. The molecule has 0 fully saturated rings. The molecule has 8 rings (SSSR count). The number of hydrogen-bond donors (Lipinski definition) is 3. The number of carbonyl (C=O) groups is 7. The number of carboxylic acid groups (broad SMARTS) is 2. The molecule has 88 heavy (non-hydrogen) atoms. The number of nitrogens with one attached hydrogen (secondary N) is 1. The van der Waals surface area contributed by atoms with Crippen LogP contribution in [0.5, 0.6) is 0 Å². The minimum Gasteiger partial charge on any atom is -0.478 e. The summed E-state index contributed by atoms with van der Waals surface area (Å²) in [6, 6.07) is 10.6. The number of fused-ring (bicyclic) bond motifs is 2. The van der Waals surface area contributed by atoms with Crippen molar-refractivity contribution in [2.75, 3.05) is 23.3 Å². The second-order valence-corrected chi connectivity index (χ2v) is 23.8. The Morgan fingerprint density at radius 3 is 1.55 bits per heavy atom. The smallest absolute Gasteiger partial charge is 0.411 e. The van der Waals surface area contributed by atoms with E-state index < -0.39 is 195 Å². The van der Waals surface area contributed by atoms with Crippen LogP contribution in [0, 0.1) is 6.13 Å².